The van der Waals surface area contributed by atoms with Gasteiger partial charge in [0.2, 0.25) is 0 Å². The molecule has 1 aliphatic carbocycles. The molecule has 108 valence electrons. The maximum Gasteiger partial charge on any atom is 0.261 e. The van der Waals surface area contributed by atoms with Crippen LogP contribution in [-0.2, 0) is 9.59 Å². The standard InChI is InChI=1S/C15H25NO3/c1-6-10(3)16(7-2)14(19)13-11(17)8-15(4,5)9-12(13)18/h10,17H,6-9H2,1-5H3/t10-/m1/s1. The van der Waals surface area contributed by atoms with Gasteiger partial charge in [-0.1, -0.05) is 20.8 Å². The number of Topliss-reactive ketones (excluding diaryl/α,β-unsaturated/α-hetero) is 1. The van der Waals surface area contributed by atoms with Crippen LogP contribution in [0, 0.1) is 5.41 Å². The topological polar surface area (TPSA) is 57.6 Å². The van der Waals surface area contributed by atoms with Crippen molar-refractivity contribution < 1.29 is 14.7 Å². The van der Waals surface area contributed by atoms with Gasteiger partial charge in [-0.15, -0.1) is 0 Å². The van der Waals surface area contributed by atoms with Gasteiger partial charge in [0.25, 0.3) is 5.91 Å². The third kappa shape index (κ3) is 3.37. The first-order chi connectivity index (χ1) is 8.73. The van der Waals surface area contributed by atoms with Crippen molar-refractivity contribution in [2.45, 2.75) is 59.9 Å². The van der Waals surface area contributed by atoms with E-state index in [1.165, 1.54) is 0 Å². The SMILES string of the molecule is CC[C@@H](C)N(CC)C(=O)C1=C(O)CC(C)(C)CC1=O. The fraction of sp³-hybridized carbons (Fsp3) is 0.733. The Morgan fingerprint density at radius 2 is 1.95 bits per heavy atom. The average molecular weight is 267 g/mol. The summed E-state index contributed by atoms with van der Waals surface area (Å²) in [5.74, 6) is -0.608. The lowest BCUT2D eigenvalue weighted by atomic mass is 9.76. The van der Waals surface area contributed by atoms with Crippen LogP contribution in [0.15, 0.2) is 11.3 Å². The number of ketones is 1. The minimum atomic E-state index is -0.324. The number of rotatable bonds is 4. The van der Waals surface area contributed by atoms with Gasteiger partial charge in [-0.25, -0.2) is 0 Å². The molecule has 0 spiro atoms. The highest BCUT2D eigenvalue weighted by Gasteiger charge is 2.38. The second kappa shape index (κ2) is 5.76. The van der Waals surface area contributed by atoms with E-state index in [-0.39, 0.29) is 34.5 Å². The van der Waals surface area contributed by atoms with Gasteiger partial charge in [0, 0.05) is 25.4 Å². The second-order valence-corrected chi connectivity index (χ2v) is 6.11. The fourth-order valence-corrected chi connectivity index (χ4v) is 2.55. The van der Waals surface area contributed by atoms with Crippen LogP contribution in [0.3, 0.4) is 0 Å². The maximum absolute atomic E-state index is 12.4. The zero-order chi connectivity index (χ0) is 14.8. The Balaban J connectivity index is 3.07. The number of aliphatic hydroxyl groups is 1. The average Bonchev–Trinajstić information content (AvgIpc) is 2.26. The van der Waals surface area contributed by atoms with Crippen LogP contribution < -0.4 is 0 Å². The van der Waals surface area contributed by atoms with Crippen molar-refractivity contribution in [2.24, 2.45) is 5.41 Å². The van der Waals surface area contributed by atoms with Gasteiger partial charge in [0.15, 0.2) is 5.78 Å². The molecule has 1 atom stereocenters. The van der Waals surface area contributed by atoms with Crippen molar-refractivity contribution in [1.29, 1.82) is 0 Å². The highest BCUT2D eigenvalue weighted by Crippen LogP contribution is 2.36. The van der Waals surface area contributed by atoms with E-state index in [9.17, 15) is 14.7 Å². The summed E-state index contributed by atoms with van der Waals surface area (Å²) in [7, 11) is 0. The minimum absolute atomic E-state index is 0.00137. The minimum Gasteiger partial charge on any atom is -0.511 e. The smallest absolute Gasteiger partial charge is 0.261 e. The molecule has 0 aliphatic heterocycles. The van der Waals surface area contributed by atoms with Crippen LogP contribution in [-0.4, -0.2) is 34.3 Å². The molecule has 0 fully saturated rings. The van der Waals surface area contributed by atoms with Gasteiger partial charge >= 0.3 is 0 Å². The third-order valence-electron chi connectivity index (χ3n) is 3.79. The summed E-state index contributed by atoms with van der Waals surface area (Å²) in [6.07, 6.45) is 1.53. The molecule has 1 amide bonds. The van der Waals surface area contributed by atoms with E-state index in [0.29, 0.717) is 19.4 Å². The maximum atomic E-state index is 12.4. The summed E-state index contributed by atoms with van der Waals surface area (Å²) >= 11 is 0. The van der Waals surface area contributed by atoms with Gasteiger partial charge in [-0.05, 0) is 25.7 Å². The Labute approximate surface area is 115 Å². The highest BCUT2D eigenvalue weighted by molar-refractivity contribution is 6.20. The Kier molecular flexibility index (Phi) is 4.77. The molecule has 0 unspecified atom stereocenters. The monoisotopic (exact) mass is 267 g/mol. The molecule has 0 heterocycles. The number of likely N-dealkylation sites (N-methyl/N-ethyl adjacent to an activating group) is 1. The lowest BCUT2D eigenvalue weighted by Crippen LogP contribution is -2.42. The Hall–Kier alpha value is -1.32. The van der Waals surface area contributed by atoms with E-state index in [1.54, 1.807) is 4.90 Å². The van der Waals surface area contributed by atoms with Gasteiger partial charge in [-0.3, -0.25) is 9.59 Å². The molecular formula is C15H25NO3. The molecule has 0 aromatic carbocycles. The molecule has 0 radical (unpaired) electrons. The summed E-state index contributed by atoms with van der Waals surface area (Å²) in [5.41, 5.74) is -0.264. The molecule has 19 heavy (non-hydrogen) atoms. The van der Waals surface area contributed by atoms with Crippen LogP contribution in [0.2, 0.25) is 0 Å². The molecule has 0 aromatic rings. The number of amides is 1. The predicted octanol–water partition coefficient (Wildman–Crippen LogP) is 2.83. The van der Waals surface area contributed by atoms with Gasteiger partial charge in [-0.2, -0.15) is 0 Å². The van der Waals surface area contributed by atoms with E-state index in [1.807, 2.05) is 34.6 Å². The van der Waals surface area contributed by atoms with Crippen molar-refractivity contribution in [1.82, 2.24) is 4.90 Å². The summed E-state index contributed by atoms with van der Waals surface area (Å²) < 4.78 is 0. The number of hydrogen-bond acceptors (Lipinski definition) is 3. The zero-order valence-corrected chi connectivity index (χ0v) is 12.6. The van der Waals surface area contributed by atoms with Crippen molar-refractivity contribution in [2.75, 3.05) is 6.54 Å². The van der Waals surface area contributed by atoms with Gasteiger partial charge < -0.3 is 10.0 Å². The molecule has 1 N–H and O–H groups in total. The van der Waals surface area contributed by atoms with Crippen molar-refractivity contribution in [3.63, 3.8) is 0 Å². The fourth-order valence-electron chi connectivity index (χ4n) is 2.55. The molecule has 1 rings (SSSR count). The van der Waals surface area contributed by atoms with Crippen molar-refractivity contribution in [3.05, 3.63) is 11.3 Å². The summed E-state index contributed by atoms with van der Waals surface area (Å²) in [5, 5.41) is 10.1. The van der Waals surface area contributed by atoms with Gasteiger partial charge in [0.05, 0.1) is 0 Å². The molecule has 0 bridgehead atoms. The van der Waals surface area contributed by atoms with Crippen molar-refractivity contribution >= 4 is 11.7 Å². The van der Waals surface area contributed by atoms with E-state index in [0.717, 1.165) is 6.42 Å². The Bertz CT molecular complexity index is 410. The first-order valence-corrected chi connectivity index (χ1v) is 6.99. The molecule has 1 aliphatic rings. The number of allylic oxidation sites excluding steroid dienone is 1. The summed E-state index contributed by atoms with van der Waals surface area (Å²) in [4.78, 5) is 26.2. The molecule has 0 aromatic heterocycles. The summed E-state index contributed by atoms with van der Waals surface area (Å²) in [6.45, 7) is 10.2. The quantitative estimate of drug-likeness (QED) is 0.797. The Morgan fingerprint density at radius 3 is 2.37 bits per heavy atom. The van der Waals surface area contributed by atoms with Crippen LogP contribution >= 0.6 is 0 Å². The number of carbonyl (C=O) groups is 2. The van der Waals surface area contributed by atoms with Crippen molar-refractivity contribution in [3.8, 4) is 0 Å². The summed E-state index contributed by atoms with van der Waals surface area (Å²) in [6, 6.07) is 0.0699. The molecular weight excluding hydrogens is 242 g/mol. The lowest BCUT2D eigenvalue weighted by molar-refractivity contribution is -0.132. The lowest BCUT2D eigenvalue weighted by Gasteiger charge is -2.33. The first-order valence-electron chi connectivity index (χ1n) is 6.99. The number of aliphatic hydroxyl groups excluding tert-OH is 1. The Morgan fingerprint density at radius 1 is 1.37 bits per heavy atom. The van der Waals surface area contributed by atoms with Gasteiger partial charge in [0.1, 0.15) is 11.3 Å². The highest BCUT2D eigenvalue weighted by atomic mass is 16.3. The number of hydrogen-bond donors (Lipinski definition) is 1. The normalized spacial score (nSPS) is 20.4. The van der Waals surface area contributed by atoms with Crippen LogP contribution in [0.1, 0.15) is 53.9 Å². The molecule has 4 nitrogen and oxygen atoms in total. The molecule has 4 heteroatoms. The second-order valence-electron chi connectivity index (χ2n) is 6.11. The number of nitrogens with zero attached hydrogens (tertiary/aromatic N) is 1. The molecule has 0 saturated heterocycles. The number of carbonyl (C=O) groups excluding carboxylic acids is 2. The van der Waals surface area contributed by atoms with Crippen LogP contribution in [0.25, 0.3) is 0 Å². The third-order valence-corrected chi connectivity index (χ3v) is 3.79. The van der Waals surface area contributed by atoms with E-state index in [4.69, 9.17) is 0 Å². The van der Waals surface area contributed by atoms with E-state index >= 15 is 0 Å². The van der Waals surface area contributed by atoms with Crippen LogP contribution in [0.5, 0.6) is 0 Å². The first kappa shape index (κ1) is 15.7. The largest absolute Gasteiger partial charge is 0.511 e. The van der Waals surface area contributed by atoms with E-state index in [2.05, 4.69) is 0 Å². The molecule has 0 saturated carbocycles. The van der Waals surface area contributed by atoms with E-state index < -0.39 is 0 Å². The predicted molar refractivity (Wildman–Crippen MR) is 74.8 cm³/mol. The van der Waals surface area contributed by atoms with Crippen LogP contribution in [0.4, 0.5) is 0 Å². The zero-order valence-electron chi connectivity index (χ0n) is 12.6.